The molecule has 2 bridgehead atoms. The average molecular weight is 755 g/mol. The van der Waals surface area contributed by atoms with Gasteiger partial charge in [-0.3, -0.25) is 28.0 Å². The van der Waals surface area contributed by atoms with Crippen molar-refractivity contribution < 1.29 is 59.7 Å². The predicted molar refractivity (Wildman–Crippen MR) is 161 cm³/mol. The van der Waals surface area contributed by atoms with Crippen molar-refractivity contribution >= 4 is 49.6 Å². The van der Waals surface area contributed by atoms with Crippen molar-refractivity contribution in [2.75, 3.05) is 24.9 Å². The number of aromatic amines is 1. The summed E-state index contributed by atoms with van der Waals surface area (Å²) >= 11 is 0.290. The Morgan fingerprint density at radius 3 is 2.67 bits per heavy atom. The molecule has 20 nitrogen and oxygen atoms in total. The number of nitrogens with two attached hydrogens (primary N) is 1. The van der Waals surface area contributed by atoms with Gasteiger partial charge in [0.05, 0.1) is 19.0 Å². The minimum atomic E-state index is -4.67. The van der Waals surface area contributed by atoms with Crippen LogP contribution in [-0.2, 0) is 46.2 Å². The summed E-state index contributed by atoms with van der Waals surface area (Å²) < 4.78 is 105. The normalized spacial score (nSPS) is 33.0. The summed E-state index contributed by atoms with van der Waals surface area (Å²) in [4.78, 5) is 50.1. The second kappa shape index (κ2) is 14.4. The van der Waals surface area contributed by atoms with Gasteiger partial charge in [-0.25, -0.2) is 37.9 Å². The van der Waals surface area contributed by atoms with E-state index in [9.17, 15) is 23.5 Å². The molecule has 3 fully saturated rings. The molecule has 2 unspecified atom stereocenters. The zero-order valence-corrected chi connectivity index (χ0v) is 27.9. The molecule has 0 spiro atoms. The quantitative estimate of drug-likeness (QED) is 0.208. The van der Waals surface area contributed by atoms with Gasteiger partial charge in [-0.05, 0) is 13.8 Å². The molecule has 6 rings (SSSR count). The Kier molecular flexibility index (Phi) is 10.4. The van der Waals surface area contributed by atoms with Gasteiger partial charge in [-0.1, -0.05) is 0 Å². The molecular weight excluding hydrogens is 726 g/mol. The van der Waals surface area contributed by atoms with Crippen molar-refractivity contribution in [3.63, 3.8) is 0 Å². The van der Waals surface area contributed by atoms with Gasteiger partial charge in [0.2, 0.25) is 0 Å². The molecule has 3 saturated heterocycles. The lowest BCUT2D eigenvalue weighted by atomic mass is 10.1. The van der Waals surface area contributed by atoms with Gasteiger partial charge < -0.3 is 24.7 Å². The molecule has 0 amide bonds. The SMILES string of the molecule is CC(C)OC(=O)OCSP1(=O)OC[C@H]2O[C@@H](n3cnc4c(N)ncnc43)[C@H](O[P+](=O)OC[C@H]3O[C@@H](n4ccc(=O)[nH]c4=O)[C@H](F)[C@@H]3O1)[C@@H]2F. The highest BCUT2D eigenvalue weighted by atomic mass is 32.7. The molecule has 0 saturated carbocycles. The number of carbonyl (C=O) groups is 1. The molecule has 0 radical (unpaired) electrons. The number of H-pyrrole nitrogens is 1. The highest BCUT2D eigenvalue weighted by molar-refractivity contribution is 8.55. The molecule has 6 heterocycles. The Labute approximate surface area is 278 Å². The fraction of sp³-hybridized carbons (Fsp3) is 0.583. The molecule has 0 aliphatic carbocycles. The van der Waals surface area contributed by atoms with Crippen LogP contribution in [0.4, 0.5) is 19.4 Å². The summed E-state index contributed by atoms with van der Waals surface area (Å²) in [5, 5.41) is 0. The van der Waals surface area contributed by atoms with E-state index in [-0.39, 0.29) is 17.0 Å². The van der Waals surface area contributed by atoms with E-state index < -0.39 is 107 Å². The highest BCUT2D eigenvalue weighted by Gasteiger charge is 2.56. The molecule has 0 aromatic carbocycles. The van der Waals surface area contributed by atoms with E-state index >= 15 is 8.78 Å². The minimum absolute atomic E-state index is 0.0155. The summed E-state index contributed by atoms with van der Waals surface area (Å²) in [6.07, 6.45) is -12.5. The van der Waals surface area contributed by atoms with Crippen LogP contribution in [0.2, 0.25) is 0 Å². The summed E-state index contributed by atoms with van der Waals surface area (Å²) in [7, 11) is -3.18. The maximum absolute atomic E-state index is 16.0. The third-order valence-electron chi connectivity index (χ3n) is 7.24. The lowest BCUT2D eigenvalue weighted by Gasteiger charge is -2.25. The smallest absolute Gasteiger partial charge is 0.432 e. The van der Waals surface area contributed by atoms with Crippen LogP contribution in [0.3, 0.4) is 0 Å². The Balaban J connectivity index is 1.31. The monoisotopic (exact) mass is 754 g/mol. The number of alkyl halides is 2. The molecule has 49 heavy (non-hydrogen) atoms. The van der Waals surface area contributed by atoms with Crippen LogP contribution in [0.1, 0.15) is 26.3 Å². The average Bonchev–Trinajstić information content (AvgIpc) is 3.69. The number of nitrogens with zero attached hydrogens (tertiary/aromatic N) is 5. The largest absolute Gasteiger partial charge is 0.698 e. The van der Waals surface area contributed by atoms with Gasteiger partial charge in [0.25, 0.3) is 5.56 Å². The van der Waals surface area contributed by atoms with Crippen molar-refractivity contribution in [3.05, 3.63) is 45.8 Å². The van der Waals surface area contributed by atoms with E-state index in [0.29, 0.717) is 15.9 Å². The number of aromatic nitrogens is 6. The van der Waals surface area contributed by atoms with E-state index in [1.165, 1.54) is 10.9 Å². The number of imidazole rings is 1. The lowest BCUT2D eigenvalue weighted by molar-refractivity contribution is -0.0569. The molecule has 25 heteroatoms. The Bertz CT molecular complexity index is 1880. The first kappa shape index (κ1) is 35.4. The van der Waals surface area contributed by atoms with E-state index in [0.717, 1.165) is 18.6 Å². The first-order valence-electron chi connectivity index (χ1n) is 14.3. The zero-order chi connectivity index (χ0) is 35.0. The number of carbonyl (C=O) groups excluding carboxylic acids is 1. The topological polar surface area (TPSA) is 250 Å². The molecule has 10 atom stereocenters. The van der Waals surface area contributed by atoms with Crippen LogP contribution < -0.4 is 17.0 Å². The lowest BCUT2D eigenvalue weighted by Crippen LogP contribution is -2.36. The molecule has 3 aromatic rings. The van der Waals surface area contributed by atoms with Crippen LogP contribution >= 0.6 is 26.4 Å². The number of fused-ring (bicyclic) bond motifs is 4. The van der Waals surface area contributed by atoms with Gasteiger partial charge in [0.15, 0.2) is 48.3 Å². The van der Waals surface area contributed by atoms with Crippen LogP contribution in [-0.4, -0.2) is 97.2 Å². The van der Waals surface area contributed by atoms with Crippen molar-refractivity contribution in [2.45, 2.75) is 69.2 Å². The number of ether oxygens (including phenoxy) is 4. The Morgan fingerprint density at radius 1 is 1.14 bits per heavy atom. The number of anilines is 1. The van der Waals surface area contributed by atoms with E-state index in [2.05, 4.69) is 15.0 Å². The maximum atomic E-state index is 16.0. The summed E-state index contributed by atoms with van der Waals surface area (Å²) in [5.41, 5.74) is 4.34. The maximum Gasteiger partial charge on any atom is 0.698 e. The first-order chi connectivity index (χ1) is 23.3. The number of nitrogens with one attached hydrogen (secondary N) is 1. The fourth-order valence-electron chi connectivity index (χ4n) is 5.07. The summed E-state index contributed by atoms with van der Waals surface area (Å²) in [6.45, 7) is -3.11. The van der Waals surface area contributed by atoms with E-state index in [1.807, 2.05) is 4.98 Å². The van der Waals surface area contributed by atoms with Crippen molar-refractivity contribution in [1.82, 2.24) is 29.1 Å². The van der Waals surface area contributed by atoms with Crippen molar-refractivity contribution in [3.8, 4) is 0 Å². The van der Waals surface area contributed by atoms with Crippen molar-refractivity contribution in [2.24, 2.45) is 0 Å². The second-order valence-electron chi connectivity index (χ2n) is 10.8. The number of halogens is 2. The number of hydrogen-bond donors (Lipinski definition) is 2. The number of rotatable bonds is 6. The van der Waals surface area contributed by atoms with Crippen LogP contribution in [0.25, 0.3) is 11.2 Å². The molecule has 266 valence electrons. The standard InChI is InChI=1S/C24H27F2N7O13P2S/c1-10(2)42-24(36)39-9-49-48(38)41-6-11-14(25)18(22(43-11)33-8-30-16-19(27)28-7-29-20(16)33)45-47(37)40-5-12-17(46-48)15(26)21(44-12)32-4-3-13(34)31-23(32)35/h3-4,7-8,10-12,14-15,17-18,21-22H,5-6,9H2,1-2H3,(H2-,27,28,29,31,34,35)/p+1/t11-,12-,14-,15-,17-,18-,21-,22-,48?/m1/s1. The Morgan fingerprint density at radius 2 is 1.92 bits per heavy atom. The third-order valence-corrected chi connectivity index (χ3v) is 11.4. The summed E-state index contributed by atoms with van der Waals surface area (Å²) in [6, 6.07) is 0.939. The molecular formula is C24H28F2N7O13P2S+. The van der Waals surface area contributed by atoms with Crippen LogP contribution in [0.5, 0.6) is 0 Å². The van der Waals surface area contributed by atoms with E-state index in [4.69, 9.17) is 42.8 Å². The van der Waals surface area contributed by atoms with Gasteiger partial charge in [-0.2, -0.15) is 0 Å². The fourth-order valence-corrected chi connectivity index (χ4v) is 8.60. The minimum Gasteiger partial charge on any atom is -0.432 e. The zero-order valence-electron chi connectivity index (χ0n) is 25.3. The first-order valence-corrected chi connectivity index (χ1v) is 18.6. The van der Waals surface area contributed by atoms with Crippen molar-refractivity contribution in [1.29, 1.82) is 0 Å². The van der Waals surface area contributed by atoms with Gasteiger partial charge >= 0.3 is 26.9 Å². The third kappa shape index (κ3) is 7.54. The second-order valence-corrected chi connectivity index (χ2v) is 15.7. The van der Waals surface area contributed by atoms with Gasteiger partial charge in [0, 0.05) is 28.2 Å². The molecule has 3 N–H and O–H groups in total. The predicted octanol–water partition coefficient (Wildman–Crippen LogP) is 2.26. The Hall–Kier alpha value is -3.40. The number of nitrogen functional groups attached to an aromatic ring is 1. The number of hydrogen-bond acceptors (Lipinski definition) is 18. The van der Waals surface area contributed by atoms with Crippen LogP contribution in [0, 0.1) is 0 Å². The van der Waals surface area contributed by atoms with Gasteiger partial charge in [-0.15, -0.1) is 9.05 Å². The molecule has 3 aliphatic rings. The van der Waals surface area contributed by atoms with E-state index in [1.54, 1.807) is 13.8 Å². The van der Waals surface area contributed by atoms with Crippen LogP contribution in [0.15, 0.2) is 34.5 Å². The summed E-state index contributed by atoms with van der Waals surface area (Å²) in [5.74, 6) is -0.675. The highest BCUT2D eigenvalue weighted by Crippen LogP contribution is 2.63. The molecule has 3 aliphatic heterocycles. The van der Waals surface area contributed by atoms with Gasteiger partial charge in [0.1, 0.15) is 36.8 Å². The molecule has 3 aromatic heterocycles.